The van der Waals surface area contributed by atoms with Crippen molar-refractivity contribution in [2.45, 2.75) is 0 Å². The molecule has 20 heavy (non-hydrogen) atoms. The first-order valence-corrected chi connectivity index (χ1v) is 7.01. The van der Waals surface area contributed by atoms with E-state index < -0.39 is 0 Å². The molecule has 0 unspecified atom stereocenters. The Hall–Kier alpha value is -2.21. The second-order valence-electron chi connectivity index (χ2n) is 3.88. The van der Waals surface area contributed by atoms with Crippen LogP contribution in [0.3, 0.4) is 0 Å². The van der Waals surface area contributed by atoms with Crippen LogP contribution in [-0.2, 0) is 0 Å². The van der Waals surface area contributed by atoms with Crippen LogP contribution in [0.4, 0.5) is 0 Å². The summed E-state index contributed by atoms with van der Waals surface area (Å²) in [6, 6.07) is 6.83. The van der Waals surface area contributed by atoms with Crippen LogP contribution in [0.1, 0.15) is 20.7 Å². The van der Waals surface area contributed by atoms with Gasteiger partial charge in [0, 0.05) is 42.6 Å². The minimum absolute atomic E-state index is 0.0475. The third kappa shape index (κ3) is 4.17. The molecule has 1 N–H and O–H groups in total. The summed E-state index contributed by atoms with van der Waals surface area (Å²) in [5.41, 5.74) is 1.08. The highest BCUT2D eigenvalue weighted by molar-refractivity contribution is 8.14. The quantitative estimate of drug-likeness (QED) is 0.849. The highest BCUT2D eigenvalue weighted by Gasteiger charge is 2.07. The number of pyridine rings is 2. The van der Waals surface area contributed by atoms with Gasteiger partial charge < -0.3 is 5.32 Å². The molecule has 0 atom stereocenters. The molecule has 2 aromatic rings. The first-order chi connectivity index (χ1) is 9.77. The van der Waals surface area contributed by atoms with E-state index in [9.17, 15) is 9.59 Å². The number of nitrogens with one attached hydrogen (secondary N) is 1. The molecule has 0 saturated heterocycles. The van der Waals surface area contributed by atoms with Gasteiger partial charge >= 0.3 is 0 Å². The molecule has 6 heteroatoms. The van der Waals surface area contributed by atoms with Crippen molar-refractivity contribution in [3.05, 3.63) is 60.2 Å². The molecule has 0 saturated carbocycles. The summed E-state index contributed by atoms with van der Waals surface area (Å²) in [5, 5.41) is 2.69. The van der Waals surface area contributed by atoms with E-state index in [4.69, 9.17) is 0 Å². The van der Waals surface area contributed by atoms with E-state index in [1.807, 2.05) is 0 Å². The average molecular weight is 287 g/mol. The second kappa shape index (κ2) is 7.40. The van der Waals surface area contributed by atoms with E-state index in [0.717, 1.165) is 11.8 Å². The molecule has 2 rings (SSSR count). The van der Waals surface area contributed by atoms with Gasteiger partial charge in [0.15, 0.2) is 0 Å². The van der Waals surface area contributed by atoms with Crippen LogP contribution in [0.2, 0.25) is 0 Å². The maximum Gasteiger partial charge on any atom is 0.252 e. The monoisotopic (exact) mass is 287 g/mol. The van der Waals surface area contributed by atoms with E-state index in [1.165, 1.54) is 12.4 Å². The Morgan fingerprint density at radius 3 is 2.30 bits per heavy atom. The van der Waals surface area contributed by atoms with Crippen molar-refractivity contribution in [3.8, 4) is 0 Å². The summed E-state index contributed by atoms with van der Waals surface area (Å²) in [6.45, 7) is 0.421. The van der Waals surface area contributed by atoms with E-state index in [2.05, 4.69) is 15.3 Å². The Morgan fingerprint density at radius 2 is 1.70 bits per heavy atom. The van der Waals surface area contributed by atoms with E-state index >= 15 is 0 Å². The average Bonchev–Trinajstić information content (AvgIpc) is 2.53. The molecule has 0 aliphatic rings. The zero-order valence-electron chi connectivity index (χ0n) is 10.7. The van der Waals surface area contributed by atoms with Crippen molar-refractivity contribution in [1.29, 1.82) is 0 Å². The number of hydrogen-bond acceptors (Lipinski definition) is 5. The Morgan fingerprint density at radius 1 is 1.05 bits per heavy atom. The van der Waals surface area contributed by atoms with Crippen molar-refractivity contribution in [2.24, 2.45) is 0 Å². The molecule has 2 aromatic heterocycles. The molecular formula is C14H13N3O2S. The number of carbonyl (C=O) groups excluding carboxylic acids is 2. The highest BCUT2D eigenvalue weighted by atomic mass is 32.2. The highest BCUT2D eigenvalue weighted by Crippen LogP contribution is 2.10. The minimum atomic E-state index is -0.187. The molecule has 0 aromatic carbocycles. The van der Waals surface area contributed by atoms with Crippen LogP contribution < -0.4 is 5.32 Å². The number of carbonyl (C=O) groups is 2. The maximum atomic E-state index is 11.8. The number of nitrogens with zero attached hydrogens (tertiary/aromatic N) is 2. The van der Waals surface area contributed by atoms with Gasteiger partial charge in [-0.25, -0.2) is 0 Å². The molecule has 0 radical (unpaired) electrons. The van der Waals surface area contributed by atoms with Gasteiger partial charge in [-0.2, -0.15) is 0 Å². The fourth-order valence-electron chi connectivity index (χ4n) is 1.47. The molecule has 5 nitrogen and oxygen atoms in total. The number of amides is 1. The van der Waals surface area contributed by atoms with Crippen LogP contribution in [0, 0.1) is 0 Å². The third-order valence-corrected chi connectivity index (χ3v) is 3.35. The molecule has 2 heterocycles. The Bertz CT molecular complexity index is 522. The minimum Gasteiger partial charge on any atom is -0.351 e. The maximum absolute atomic E-state index is 11.8. The summed E-state index contributed by atoms with van der Waals surface area (Å²) >= 11 is 1.16. The van der Waals surface area contributed by atoms with Crippen molar-refractivity contribution >= 4 is 22.8 Å². The molecule has 1 amide bonds. The zero-order valence-corrected chi connectivity index (χ0v) is 11.5. The molecule has 0 fully saturated rings. The normalized spacial score (nSPS) is 10.0. The van der Waals surface area contributed by atoms with Gasteiger partial charge in [-0.15, -0.1) is 0 Å². The molecular weight excluding hydrogens is 274 g/mol. The Balaban J connectivity index is 1.72. The van der Waals surface area contributed by atoms with Crippen LogP contribution >= 0.6 is 11.8 Å². The topological polar surface area (TPSA) is 72.0 Å². The fraction of sp³-hybridized carbons (Fsp3) is 0.143. The molecule has 102 valence electrons. The largest absolute Gasteiger partial charge is 0.351 e. The van der Waals surface area contributed by atoms with Gasteiger partial charge in [0.2, 0.25) is 5.12 Å². The number of rotatable bonds is 5. The first kappa shape index (κ1) is 14.2. The number of thioether (sulfide) groups is 1. The van der Waals surface area contributed by atoms with Crippen molar-refractivity contribution < 1.29 is 9.59 Å². The van der Waals surface area contributed by atoms with E-state index in [-0.39, 0.29) is 11.0 Å². The van der Waals surface area contributed by atoms with E-state index in [0.29, 0.717) is 23.4 Å². The van der Waals surface area contributed by atoms with Crippen molar-refractivity contribution in [3.63, 3.8) is 0 Å². The van der Waals surface area contributed by atoms with Crippen molar-refractivity contribution in [2.75, 3.05) is 12.3 Å². The predicted octanol–water partition coefficient (Wildman–Crippen LogP) is 1.78. The smallest absolute Gasteiger partial charge is 0.252 e. The summed E-state index contributed by atoms with van der Waals surface area (Å²) in [5.74, 6) is 0.326. The van der Waals surface area contributed by atoms with Gasteiger partial charge in [-0.05, 0) is 24.3 Å². The fourth-order valence-corrected chi connectivity index (χ4v) is 2.15. The zero-order chi connectivity index (χ0) is 14.2. The summed E-state index contributed by atoms with van der Waals surface area (Å²) in [6.07, 6.45) is 6.27. The number of hydrogen-bond donors (Lipinski definition) is 1. The SMILES string of the molecule is O=C(NCCSC(=O)c1cccnc1)c1cccnc1. The van der Waals surface area contributed by atoms with Crippen LogP contribution in [0.25, 0.3) is 0 Å². The standard InChI is InChI=1S/C14H13N3O2S/c18-13(11-3-1-5-15-9-11)17-7-8-20-14(19)12-4-2-6-16-10-12/h1-6,9-10H,7-8H2,(H,17,18). The lowest BCUT2D eigenvalue weighted by molar-refractivity contribution is 0.0955. The lowest BCUT2D eigenvalue weighted by atomic mass is 10.3. The van der Waals surface area contributed by atoms with Gasteiger partial charge in [-0.1, -0.05) is 11.8 Å². The van der Waals surface area contributed by atoms with Gasteiger partial charge in [-0.3, -0.25) is 19.6 Å². The summed E-state index contributed by atoms with van der Waals surface area (Å²) < 4.78 is 0. The Kier molecular flexibility index (Phi) is 5.25. The van der Waals surface area contributed by atoms with Gasteiger partial charge in [0.1, 0.15) is 0 Å². The lowest BCUT2D eigenvalue weighted by Crippen LogP contribution is -2.26. The van der Waals surface area contributed by atoms with Crippen LogP contribution in [0.15, 0.2) is 49.1 Å². The van der Waals surface area contributed by atoms with Crippen LogP contribution in [-0.4, -0.2) is 33.3 Å². The molecule has 0 aliphatic heterocycles. The summed E-state index contributed by atoms with van der Waals surface area (Å²) in [7, 11) is 0. The molecule has 0 aliphatic carbocycles. The van der Waals surface area contributed by atoms with E-state index in [1.54, 1.807) is 36.7 Å². The Labute approximate surface area is 120 Å². The number of aromatic nitrogens is 2. The van der Waals surface area contributed by atoms with Gasteiger partial charge in [0.05, 0.1) is 5.56 Å². The van der Waals surface area contributed by atoms with Crippen LogP contribution in [0.5, 0.6) is 0 Å². The van der Waals surface area contributed by atoms with Crippen molar-refractivity contribution in [1.82, 2.24) is 15.3 Å². The second-order valence-corrected chi connectivity index (χ2v) is 4.94. The summed E-state index contributed by atoms with van der Waals surface area (Å²) in [4.78, 5) is 31.2. The lowest BCUT2D eigenvalue weighted by Gasteiger charge is -2.04. The first-order valence-electron chi connectivity index (χ1n) is 6.03. The molecule has 0 bridgehead atoms. The van der Waals surface area contributed by atoms with Gasteiger partial charge in [0.25, 0.3) is 5.91 Å². The third-order valence-electron chi connectivity index (χ3n) is 2.44. The predicted molar refractivity (Wildman–Crippen MR) is 77.6 cm³/mol. The molecule has 0 spiro atoms.